The van der Waals surface area contributed by atoms with Gasteiger partial charge in [0, 0.05) is 46.3 Å². The zero-order chi connectivity index (χ0) is 21.9. The van der Waals surface area contributed by atoms with E-state index in [1.807, 2.05) is 13.8 Å². The van der Waals surface area contributed by atoms with Gasteiger partial charge in [-0.25, -0.2) is 4.79 Å². The third kappa shape index (κ3) is 4.17. The lowest BCUT2D eigenvalue weighted by atomic mass is 9.81. The van der Waals surface area contributed by atoms with Crippen LogP contribution in [0.5, 0.6) is 0 Å². The molecular weight excluding hydrogens is 386 g/mol. The lowest BCUT2D eigenvalue weighted by Gasteiger charge is -2.36. The maximum atomic E-state index is 13.1. The van der Waals surface area contributed by atoms with Crippen LogP contribution < -0.4 is 0 Å². The van der Waals surface area contributed by atoms with Crippen LogP contribution in [0.2, 0.25) is 0 Å². The Balaban J connectivity index is 1.53. The molecule has 2 saturated heterocycles. The van der Waals surface area contributed by atoms with Crippen molar-refractivity contribution in [3.63, 3.8) is 0 Å². The molecule has 5 amide bonds. The van der Waals surface area contributed by atoms with Gasteiger partial charge in [0.25, 0.3) is 5.91 Å². The van der Waals surface area contributed by atoms with Crippen molar-refractivity contribution in [3.05, 3.63) is 0 Å². The molecule has 0 atom stereocenters. The fourth-order valence-electron chi connectivity index (χ4n) is 4.93. The number of rotatable bonds is 6. The topological polar surface area (TPSA) is 84.5 Å². The fraction of sp³-hybridized carbons (Fsp3) is 0.810. The van der Waals surface area contributed by atoms with E-state index in [4.69, 9.17) is 0 Å². The predicted octanol–water partition coefficient (Wildman–Crippen LogP) is 0.596. The minimum atomic E-state index is -0.751. The molecule has 0 bridgehead atoms. The normalized spacial score (nSPS) is 22.2. The molecular formula is C21H35N5O4. The van der Waals surface area contributed by atoms with E-state index in [1.54, 1.807) is 21.7 Å². The van der Waals surface area contributed by atoms with Crippen LogP contribution in [0.1, 0.15) is 46.0 Å². The molecule has 9 heteroatoms. The Morgan fingerprint density at radius 3 is 2.10 bits per heavy atom. The fourth-order valence-corrected chi connectivity index (χ4v) is 4.93. The molecule has 0 aromatic rings. The average Bonchev–Trinajstić information content (AvgIpc) is 2.92. The van der Waals surface area contributed by atoms with Gasteiger partial charge in [-0.3, -0.25) is 24.2 Å². The largest absolute Gasteiger partial charge is 0.342 e. The second kappa shape index (κ2) is 9.32. The maximum Gasteiger partial charge on any atom is 0.327 e. The van der Waals surface area contributed by atoms with Gasteiger partial charge in [-0.1, -0.05) is 19.3 Å². The molecule has 1 aliphatic carbocycles. The molecule has 2 aliphatic heterocycles. The minimum absolute atomic E-state index is 0.105. The number of carbonyl (C=O) groups excluding carboxylic acids is 4. The van der Waals surface area contributed by atoms with Crippen molar-refractivity contribution in [2.24, 2.45) is 0 Å². The van der Waals surface area contributed by atoms with Gasteiger partial charge >= 0.3 is 6.03 Å². The Hall–Kier alpha value is -2.16. The highest BCUT2D eigenvalue weighted by molar-refractivity contribution is 6.08. The molecule has 2 heterocycles. The monoisotopic (exact) mass is 421 g/mol. The molecule has 30 heavy (non-hydrogen) atoms. The van der Waals surface area contributed by atoms with E-state index in [9.17, 15) is 19.2 Å². The first kappa shape index (κ1) is 22.5. The number of amides is 5. The highest BCUT2D eigenvalue weighted by atomic mass is 16.2. The van der Waals surface area contributed by atoms with Crippen molar-refractivity contribution in [2.45, 2.75) is 51.5 Å². The van der Waals surface area contributed by atoms with Gasteiger partial charge in [-0.05, 0) is 26.7 Å². The average molecular weight is 422 g/mol. The zero-order valence-electron chi connectivity index (χ0n) is 18.6. The SMILES string of the molecule is CCN(CC)C(=O)CN1CCN(C(=O)CN2C(=O)N(C)C3(CCCCC3)C2=O)CC1. The molecule has 3 fully saturated rings. The van der Waals surface area contributed by atoms with Gasteiger partial charge in [0.15, 0.2) is 0 Å². The van der Waals surface area contributed by atoms with E-state index in [0.29, 0.717) is 58.7 Å². The summed E-state index contributed by atoms with van der Waals surface area (Å²) in [6, 6.07) is -0.362. The quantitative estimate of drug-likeness (QED) is 0.587. The van der Waals surface area contributed by atoms with Crippen molar-refractivity contribution in [3.8, 4) is 0 Å². The molecule has 3 aliphatic rings. The maximum absolute atomic E-state index is 13.1. The van der Waals surface area contributed by atoms with Crippen LogP contribution in [0.25, 0.3) is 0 Å². The van der Waals surface area contributed by atoms with E-state index in [-0.39, 0.29) is 30.3 Å². The molecule has 0 aromatic carbocycles. The summed E-state index contributed by atoms with van der Waals surface area (Å²) in [5.41, 5.74) is -0.751. The summed E-state index contributed by atoms with van der Waals surface area (Å²) in [5, 5.41) is 0. The van der Waals surface area contributed by atoms with Crippen LogP contribution in [0.15, 0.2) is 0 Å². The summed E-state index contributed by atoms with van der Waals surface area (Å²) >= 11 is 0. The molecule has 0 radical (unpaired) electrons. The molecule has 168 valence electrons. The molecule has 0 unspecified atom stereocenters. The van der Waals surface area contributed by atoms with Crippen molar-refractivity contribution in [1.29, 1.82) is 0 Å². The molecule has 9 nitrogen and oxygen atoms in total. The van der Waals surface area contributed by atoms with Crippen LogP contribution in [-0.2, 0) is 14.4 Å². The molecule has 0 N–H and O–H groups in total. The standard InChI is InChI=1S/C21H35N5O4/c1-4-24(5-2)17(27)15-23-11-13-25(14-12-23)18(28)16-26-19(29)21(22(3)20(26)30)9-7-6-8-10-21/h4-16H2,1-3H3. The Labute approximate surface area is 178 Å². The van der Waals surface area contributed by atoms with Crippen LogP contribution in [0.3, 0.4) is 0 Å². The van der Waals surface area contributed by atoms with Gasteiger partial charge in [0.2, 0.25) is 11.8 Å². The number of imide groups is 1. The first-order valence-corrected chi connectivity index (χ1v) is 11.2. The van der Waals surface area contributed by atoms with Gasteiger partial charge in [-0.2, -0.15) is 0 Å². The first-order valence-electron chi connectivity index (χ1n) is 11.2. The van der Waals surface area contributed by atoms with E-state index < -0.39 is 5.54 Å². The van der Waals surface area contributed by atoms with Crippen molar-refractivity contribution >= 4 is 23.8 Å². The summed E-state index contributed by atoms with van der Waals surface area (Å²) in [7, 11) is 1.68. The number of nitrogens with zero attached hydrogens (tertiary/aromatic N) is 5. The summed E-state index contributed by atoms with van der Waals surface area (Å²) in [6.45, 7) is 7.73. The lowest BCUT2D eigenvalue weighted by molar-refractivity contribution is -0.141. The van der Waals surface area contributed by atoms with E-state index in [0.717, 1.165) is 24.2 Å². The number of carbonyl (C=O) groups is 4. The summed E-state index contributed by atoms with van der Waals surface area (Å²) in [5.74, 6) is -0.312. The molecule has 1 spiro atoms. The third-order valence-electron chi connectivity index (χ3n) is 6.98. The third-order valence-corrected chi connectivity index (χ3v) is 6.98. The predicted molar refractivity (Wildman–Crippen MR) is 112 cm³/mol. The van der Waals surface area contributed by atoms with Crippen LogP contribution in [-0.4, -0.2) is 113 Å². The second-order valence-corrected chi connectivity index (χ2v) is 8.55. The van der Waals surface area contributed by atoms with Gasteiger partial charge < -0.3 is 14.7 Å². The second-order valence-electron chi connectivity index (χ2n) is 8.55. The Morgan fingerprint density at radius 2 is 1.53 bits per heavy atom. The van der Waals surface area contributed by atoms with E-state index in [1.165, 1.54) is 0 Å². The summed E-state index contributed by atoms with van der Waals surface area (Å²) in [4.78, 5) is 59.1. The highest BCUT2D eigenvalue weighted by Crippen LogP contribution is 2.39. The van der Waals surface area contributed by atoms with Crippen molar-refractivity contribution in [2.75, 3.05) is 59.4 Å². The highest BCUT2D eigenvalue weighted by Gasteiger charge is 2.56. The van der Waals surface area contributed by atoms with E-state index >= 15 is 0 Å². The Bertz CT molecular complexity index is 679. The Kier molecular flexibility index (Phi) is 7.00. The summed E-state index contributed by atoms with van der Waals surface area (Å²) < 4.78 is 0. The van der Waals surface area contributed by atoms with Gasteiger partial charge in [0.1, 0.15) is 12.1 Å². The van der Waals surface area contributed by atoms with Gasteiger partial charge in [-0.15, -0.1) is 0 Å². The van der Waals surface area contributed by atoms with Crippen molar-refractivity contribution in [1.82, 2.24) is 24.5 Å². The van der Waals surface area contributed by atoms with E-state index in [2.05, 4.69) is 4.90 Å². The van der Waals surface area contributed by atoms with Gasteiger partial charge in [0.05, 0.1) is 6.54 Å². The molecule has 1 saturated carbocycles. The Morgan fingerprint density at radius 1 is 0.933 bits per heavy atom. The van der Waals surface area contributed by atoms with Crippen molar-refractivity contribution < 1.29 is 19.2 Å². The van der Waals surface area contributed by atoms with Crippen LogP contribution in [0.4, 0.5) is 4.79 Å². The zero-order valence-corrected chi connectivity index (χ0v) is 18.6. The lowest BCUT2D eigenvalue weighted by Crippen LogP contribution is -2.54. The minimum Gasteiger partial charge on any atom is -0.342 e. The van der Waals surface area contributed by atoms with Crippen LogP contribution >= 0.6 is 0 Å². The summed E-state index contributed by atoms with van der Waals surface area (Å²) in [6.07, 6.45) is 4.30. The number of hydrogen-bond donors (Lipinski definition) is 0. The number of urea groups is 1. The number of likely N-dealkylation sites (N-methyl/N-ethyl adjacent to an activating group) is 2. The number of piperazine rings is 1. The smallest absolute Gasteiger partial charge is 0.327 e. The number of hydrogen-bond acceptors (Lipinski definition) is 5. The molecule has 3 rings (SSSR count). The van der Waals surface area contributed by atoms with Crippen LogP contribution in [0, 0.1) is 0 Å². The first-order chi connectivity index (χ1) is 14.3. The molecule has 0 aromatic heterocycles.